The maximum Gasteiger partial charge on any atom is 0.155 e. The zero-order chi connectivity index (χ0) is 24.7. The number of pyridine rings is 1. The summed E-state index contributed by atoms with van der Waals surface area (Å²) in [6.45, 7) is 7.75. The van der Waals surface area contributed by atoms with E-state index in [1.54, 1.807) is 0 Å². The Bertz CT molecular complexity index is 1620. The Morgan fingerprint density at radius 2 is 1.61 bits per heavy atom. The largest absolute Gasteiger partial charge is 0.512 e. The van der Waals surface area contributed by atoms with E-state index in [2.05, 4.69) is 90.5 Å². The van der Waals surface area contributed by atoms with E-state index in [-0.39, 0.29) is 31.6 Å². The van der Waals surface area contributed by atoms with Crippen molar-refractivity contribution in [2.24, 2.45) is 0 Å². The molecule has 0 atom stereocenters. The Morgan fingerprint density at radius 3 is 2.28 bits per heavy atom. The summed E-state index contributed by atoms with van der Waals surface area (Å²) < 4.78 is 2.39. The molecule has 3 heterocycles. The standard InChI is InChI=1S/C25H19N2Si.C5H8O2.Ir/c1-28(2)21-13-7-6-11-18(21)25-24-20(15-16-26-25)27(17-9-4-3-5-10-17)19-12-8-14-22(28)23(19)24;1-4(6)3-5(2)7;/h3-10,12-16H,1-2H3;3,6H,1-2H3;/q-1;;/b;4-3-;. The molecule has 1 aliphatic rings. The normalized spacial score (nSPS) is 13.4. The van der Waals surface area contributed by atoms with Gasteiger partial charge in [-0.1, -0.05) is 48.6 Å². The van der Waals surface area contributed by atoms with Crippen LogP contribution >= 0.6 is 0 Å². The molecular weight excluding hydrogens is 641 g/mol. The van der Waals surface area contributed by atoms with E-state index < -0.39 is 8.07 Å². The van der Waals surface area contributed by atoms with Gasteiger partial charge < -0.3 is 14.7 Å². The molecule has 0 spiro atoms. The summed E-state index contributed by atoms with van der Waals surface area (Å²) in [6, 6.07) is 29.6. The predicted octanol–water partition coefficient (Wildman–Crippen LogP) is 5.82. The number of benzene rings is 3. The Balaban J connectivity index is 0.000000338. The van der Waals surface area contributed by atoms with Gasteiger partial charge in [0, 0.05) is 43.6 Å². The van der Waals surface area contributed by atoms with Crippen molar-refractivity contribution in [1.29, 1.82) is 0 Å². The van der Waals surface area contributed by atoms with E-state index in [9.17, 15) is 4.79 Å². The van der Waals surface area contributed by atoms with Crippen LogP contribution in [0.5, 0.6) is 0 Å². The van der Waals surface area contributed by atoms with Crippen molar-refractivity contribution in [2.75, 3.05) is 0 Å². The number of ketones is 1. The maximum absolute atomic E-state index is 10.0. The number of aliphatic hydroxyl groups is 1. The van der Waals surface area contributed by atoms with E-state index in [0.717, 1.165) is 5.69 Å². The van der Waals surface area contributed by atoms with Crippen molar-refractivity contribution in [1.82, 2.24) is 9.55 Å². The first-order chi connectivity index (χ1) is 16.8. The van der Waals surface area contributed by atoms with Crippen LogP contribution in [0.2, 0.25) is 13.1 Å². The number of para-hydroxylation sites is 1. The number of carbonyl (C=O) groups is 1. The Hall–Kier alpha value is -3.31. The number of aliphatic hydroxyl groups excluding tert-OH is 1. The van der Waals surface area contributed by atoms with Crippen molar-refractivity contribution in [3.8, 4) is 16.9 Å². The van der Waals surface area contributed by atoms with E-state index in [4.69, 9.17) is 10.1 Å². The molecule has 1 aliphatic heterocycles. The van der Waals surface area contributed by atoms with Crippen molar-refractivity contribution in [3.63, 3.8) is 0 Å². The zero-order valence-corrected chi connectivity index (χ0v) is 24.1. The molecule has 0 saturated carbocycles. The fourth-order valence-corrected chi connectivity index (χ4v) is 8.17. The minimum absolute atomic E-state index is 0. The molecule has 0 unspecified atom stereocenters. The minimum atomic E-state index is -1.91. The van der Waals surface area contributed by atoms with Crippen molar-refractivity contribution in [2.45, 2.75) is 26.9 Å². The van der Waals surface area contributed by atoms with Gasteiger partial charge in [0.15, 0.2) is 5.78 Å². The van der Waals surface area contributed by atoms with Crippen molar-refractivity contribution < 1.29 is 30.0 Å². The van der Waals surface area contributed by atoms with Gasteiger partial charge in [0.2, 0.25) is 0 Å². The van der Waals surface area contributed by atoms with Crippen LogP contribution in [-0.4, -0.2) is 28.5 Å². The van der Waals surface area contributed by atoms with E-state index >= 15 is 0 Å². The van der Waals surface area contributed by atoms with Crippen LogP contribution in [0.1, 0.15) is 13.8 Å². The topological polar surface area (TPSA) is 55.1 Å². The van der Waals surface area contributed by atoms with Gasteiger partial charge >= 0.3 is 0 Å². The molecule has 5 aromatic rings. The second-order valence-electron chi connectivity index (χ2n) is 9.40. The third-order valence-electron chi connectivity index (χ3n) is 6.57. The summed E-state index contributed by atoms with van der Waals surface area (Å²) in [7, 11) is -1.91. The van der Waals surface area contributed by atoms with Crippen LogP contribution in [-0.2, 0) is 24.9 Å². The van der Waals surface area contributed by atoms with Crippen LogP contribution in [0, 0.1) is 6.07 Å². The number of allylic oxidation sites excluding steroid dienone is 2. The molecule has 1 radical (unpaired) electrons. The average molecular weight is 668 g/mol. The maximum atomic E-state index is 10.0. The first-order valence-corrected chi connectivity index (χ1v) is 14.7. The van der Waals surface area contributed by atoms with Crippen LogP contribution in [0.3, 0.4) is 0 Å². The third-order valence-corrected chi connectivity index (χ3v) is 10.1. The number of hydrogen-bond donors (Lipinski definition) is 1. The molecule has 183 valence electrons. The van der Waals surface area contributed by atoms with Gasteiger partial charge in [0.25, 0.3) is 0 Å². The Morgan fingerprint density at radius 1 is 0.917 bits per heavy atom. The Labute approximate surface area is 225 Å². The summed E-state index contributed by atoms with van der Waals surface area (Å²) in [5.74, 6) is -0.0625. The van der Waals surface area contributed by atoms with Gasteiger partial charge in [-0.3, -0.25) is 4.79 Å². The van der Waals surface area contributed by atoms with E-state index in [1.807, 2.05) is 12.3 Å². The molecule has 0 bridgehead atoms. The molecule has 2 aromatic heterocycles. The molecule has 0 aliphatic carbocycles. The fourth-order valence-electron chi connectivity index (χ4n) is 5.16. The number of hydrogen-bond acceptors (Lipinski definition) is 3. The van der Waals surface area contributed by atoms with Gasteiger partial charge in [0.1, 0.15) is 0 Å². The Kier molecular flexibility index (Phi) is 7.14. The molecule has 1 N–H and O–H groups in total. The van der Waals surface area contributed by atoms with Crippen LogP contribution in [0.15, 0.2) is 90.8 Å². The second kappa shape index (κ2) is 9.98. The molecule has 6 rings (SSSR count). The molecule has 0 amide bonds. The summed E-state index contributed by atoms with van der Waals surface area (Å²) in [6.07, 6.45) is 3.11. The van der Waals surface area contributed by atoms with Crippen LogP contribution in [0.4, 0.5) is 0 Å². The van der Waals surface area contributed by atoms with Gasteiger partial charge in [-0.2, -0.15) is 0 Å². The van der Waals surface area contributed by atoms with Crippen molar-refractivity contribution >= 4 is 46.0 Å². The first kappa shape index (κ1) is 25.8. The van der Waals surface area contributed by atoms with Gasteiger partial charge in [-0.15, -0.1) is 35.0 Å². The molecule has 6 heteroatoms. The SMILES string of the molecule is CC(=O)/C=C(/C)O.C[Si]1(C)c2ccc[c-]c2-c2nccc3c2c2c1cccc2n3-c1ccccc1.[Ir]. The fraction of sp³-hybridized carbons (Fsp3) is 0.133. The van der Waals surface area contributed by atoms with Gasteiger partial charge in [-0.25, -0.2) is 0 Å². The molecule has 0 fully saturated rings. The monoisotopic (exact) mass is 668 g/mol. The molecule has 3 aromatic carbocycles. The summed E-state index contributed by atoms with van der Waals surface area (Å²) in [5.41, 5.74) is 5.91. The summed E-state index contributed by atoms with van der Waals surface area (Å²) >= 11 is 0. The van der Waals surface area contributed by atoms with Crippen LogP contribution in [0.25, 0.3) is 38.8 Å². The van der Waals surface area contributed by atoms with Crippen LogP contribution < -0.4 is 10.4 Å². The molecule has 4 nitrogen and oxygen atoms in total. The van der Waals surface area contributed by atoms with E-state index in [0.29, 0.717) is 0 Å². The van der Waals surface area contributed by atoms with E-state index in [1.165, 1.54) is 63.4 Å². The second-order valence-corrected chi connectivity index (χ2v) is 13.7. The summed E-state index contributed by atoms with van der Waals surface area (Å²) in [5, 5.41) is 13.9. The predicted molar refractivity (Wildman–Crippen MR) is 147 cm³/mol. The zero-order valence-electron chi connectivity index (χ0n) is 20.7. The molecular formula is C30H27IrN2O2Si-. The molecule has 36 heavy (non-hydrogen) atoms. The summed E-state index contributed by atoms with van der Waals surface area (Å²) in [4.78, 5) is 14.9. The third kappa shape index (κ3) is 4.26. The first-order valence-electron chi connectivity index (χ1n) is 11.7. The molecule has 0 saturated heterocycles. The number of nitrogens with zero attached hydrogens (tertiary/aromatic N) is 2. The van der Waals surface area contributed by atoms with Crippen molar-refractivity contribution in [3.05, 3.63) is 96.9 Å². The number of carbonyl (C=O) groups excluding carboxylic acids is 1. The van der Waals surface area contributed by atoms with Gasteiger partial charge in [-0.05, 0) is 54.6 Å². The smallest absolute Gasteiger partial charge is 0.155 e. The number of fused-ring (bicyclic) bond motifs is 2. The average Bonchev–Trinajstić information content (AvgIpc) is 3.14. The minimum Gasteiger partial charge on any atom is -0.512 e. The quantitative estimate of drug-likeness (QED) is 0.112. The number of aromatic nitrogens is 2. The number of rotatable bonds is 2. The van der Waals surface area contributed by atoms with Gasteiger partial charge in [0.05, 0.1) is 19.3 Å².